The lowest BCUT2D eigenvalue weighted by Gasteiger charge is -2.27. The molecule has 0 radical (unpaired) electrons. The van der Waals surface area contributed by atoms with Gasteiger partial charge in [-0.05, 0) is 32.2 Å². The van der Waals surface area contributed by atoms with Crippen LogP contribution in [0.3, 0.4) is 0 Å². The Morgan fingerprint density at radius 1 is 1.50 bits per heavy atom. The van der Waals surface area contributed by atoms with Crippen LogP contribution < -0.4 is 5.32 Å². The molecule has 4 heteroatoms. The van der Waals surface area contributed by atoms with Crippen LogP contribution in [0.4, 0.5) is 0 Å². The van der Waals surface area contributed by atoms with Crippen molar-refractivity contribution in [1.29, 1.82) is 0 Å². The number of methoxy groups -OCH3 is 2. The highest BCUT2D eigenvalue weighted by Crippen LogP contribution is 2.28. The van der Waals surface area contributed by atoms with Crippen LogP contribution in [0.15, 0.2) is 0 Å². The monoisotopic (exact) mass is 201 g/mol. The van der Waals surface area contributed by atoms with E-state index in [1.807, 2.05) is 6.92 Å². The minimum atomic E-state index is -0.702. The maximum absolute atomic E-state index is 11.5. The fraction of sp³-hybridized carbons (Fsp3) is 0.900. The molecule has 1 fully saturated rings. The molecule has 0 aromatic heterocycles. The van der Waals surface area contributed by atoms with E-state index in [2.05, 4.69) is 5.32 Å². The first-order valence-electron chi connectivity index (χ1n) is 4.95. The molecule has 1 atom stereocenters. The van der Waals surface area contributed by atoms with Crippen LogP contribution >= 0.6 is 0 Å². The third-order valence-corrected chi connectivity index (χ3v) is 2.55. The first-order chi connectivity index (χ1) is 6.62. The third-order valence-electron chi connectivity index (χ3n) is 2.55. The molecule has 0 bridgehead atoms. The minimum Gasteiger partial charge on any atom is -0.468 e. The van der Waals surface area contributed by atoms with Crippen LogP contribution in [0.5, 0.6) is 0 Å². The number of nitrogens with one attached hydrogen (secondary N) is 1. The van der Waals surface area contributed by atoms with Gasteiger partial charge in [0.15, 0.2) is 0 Å². The van der Waals surface area contributed by atoms with Crippen LogP contribution in [-0.2, 0) is 14.3 Å². The second kappa shape index (κ2) is 4.75. The lowest BCUT2D eigenvalue weighted by atomic mass is 10.0. The Kier molecular flexibility index (Phi) is 3.89. The minimum absolute atomic E-state index is 0.264. The van der Waals surface area contributed by atoms with E-state index in [-0.39, 0.29) is 5.97 Å². The summed E-state index contributed by atoms with van der Waals surface area (Å²) in [5.74, 6) is 0.468. The highest BCUT2D eigenvalue weighted by atomic mass is 16.5. The molecule has 0 saturated heterocycles. The summed E-state index contributed by atoms with van der Waals surface area (Å²) in [4.78, 5) is 11.5. The van der Waals surface area contributed by atoms with Gasteiger partial charge < -0.3 is 9.47 Å². The molecule has 0 aliphatic heterocycles. The molecule has 1 N–H and O–H groups in total. The molecule has 1 aliphatic carbocycles. The fourth-order valence-corrected chi connectivity index (χ4v) is 1.39. The molecular weight excluding hydrogens is 182 g/mol. The number of carbonyl (C=O) groups excluding carboxylic acids is 1. The van der Waals surface area contributed by atoms with Crippen molar-refractivity contribution in [3.8, 4) is 0 Å². The molecule has 0 spiro atoms. The Morgan fingerprint density at radius 3 is 2.57 bits per heavy atom. The third kappa shape index (κ3) is 2.96. The number of hydrogen-bond donors (Lipinski definition) is 1. The molecule has 0 heterocycles. The Bertz CT molecular complexity index is 204. The first kappa shape index (κ1) is 11.5. The van der Waals surface area contributed by atoms with Crippen molar-refractivity contribution in [3.05, 3.63) is 0 Å². The van der Waals surface area contributed by atoms with E-state index in [0.717, 1.165) is 12.5 Å². The highest BCUT2D eigenvalue weighted by molar-refractivity contribution is 5.80. The second-order valence-electron chi connectivity index (χ2n) is 4.08. The van der Waals surface area contributed by atoms with Crippen molar-refractivity contribution in [2.75, 3.05) is 27.4 Å². The normalized spacial score (nSPS) is 20.2. The Balaban J connectivity index is 2.44. The Hall–Kier alpha value is -0.610. The van der Waals surface area contributed by atoms with Crippen molar-refractivity contribution in [2.45, 2.75) is 25.3 Å². The standard InChI is InChI=1S/C10H19NO3/c1-10(7-13-2,9(12)14-3)11-6-8-4-5-8/h8,11H,4-7H2,1-3H3. The van der Waals surface area contributed by atoms with E-state index in [4.69, 9.17) is 9.47 Å². The molecule has 1 saturated carbocycles. The zero-order chi connectivity index (χ0) is 10.6. The van der Waals surface area contributed by atoms with Crippen molar-refractivity contribution >= 4 is 5.97 Å². The number of hydrogen-bond acceptors (Lipinski definition) is 4. The molecule has 0 aromatic rings. The molecule has 0 amide bonds. The van der Waals surface area contributed by atoms with E-state index in [0.29, 0.717) is 6.61 Å². The van der Waals surface area contributed by atoms with E-state index in [1.54, 1.807) is 7.11 Å². The van der Waals surface area contributed by atoms with Crippen molar-refractivity contribution in [1.82, 2.24) is 5.32 Å². The zero-order valence-corrected chi connectivity index (χ0v) is 9.13. The predicted octanol–water partition coefficient (Wildman–Crippen LogP) is 0.564. The Morgan fingerprint density at radius 2 is 2.14 bits per heavy atom. The Labute approximate surface area is 85.0 Å². The lowest BCUT2D eigenvalue weighted by Crippen LogP contribution is -2.54. The number of rotatable bonds is 6. The summed E-state index contributed by atoms with van der Waals surface area (Å²) in [5, 5.41) is 3.21. The largest absolute Gasteiger partial charge is 0.468 e. The van der Waals surface area contributed by atoms with Crippen molar-refractivity contribution in [3.63, 3.8) is 0 Å². The number of ether oxygens (including phenoxy) is 2. The van der Waals surface area contributed by atoms with Gasteiger partial charge in [-0.15, -0.1) is 0 Å². The van der Waals surface area contributed by atoms with E-state index in [1.165, 1.54) is 20.0 Å². The summed E-state index contributed by atoms with van der Waals surface area (Å²) in [6.07, 6.45) is 2.52. The molecular formula is C10H19NO3. The van der Waals surface area contributed by atoms with Crippen molar-refractivity contribution in [2.24, 2.45) is 5.92 Å². The molecule has 4 nitrogen and oxygen atoms in total. The van der Waals surface area contributed by atoms with E-state index < -0.39 is 5.54 Å². The van der Waals surface area contributed by atoms with Crippen LogP contribution in [0.25, 0.3) is 0 Å². The van der Waals surface area contributed by atoms with Crippen LogP contribution in [-0.4, -0.2) is 38.9 Å². The predicted molar refractivity (Wildman–Crippen MR) is 53.0 cm³/mol. The van der Waals surface area contributed by atoms with Gasteiger partial charge in [-0.1, -0.05) is 0 Å². The van der Waals surface area contributed by atoms with Gasteiger partial charge in [-0.25, -0.2) is 4.79 Å². The summed E-state index contributed by atoms with van der Waals surface area (Å²) in [6, 6.07) is 0. The van der Waals surface area contributed by atoms with Gasteiger partial charge in [0.05, 0.1) is 13.7 Å². The fourth-order valence-electron chi connectivity index (χ4n) is 1.39. The summed E-state index contributed by atoms with van der Waals surface area (Å²) in [7, 11) is 2.98. The quantitative estimate of drug-likeness (QED) is 0.638. The summed E-state index contributed by atoms with van der Waals surface area (Å²) >= 11 is 0. The van der Waals surface area contributed by atoms with Crippen molar-refractivity contribution < 1.29 is 14.3 Å². The molecule has 1 rings (SSSR count). The SMILES string of the molecule is COCC(C)(NCC1CC1)C(=O)OC. The van der Waals surface area contributed by atoms with Gasteiger partial charge in [0.1, 0.15) is 5.54 Å². The van der Waals surface area contributed by atoms with Gasteiger partial charge in [0.25, 0.3) is 0 Å². The maximum atomic E-state index is 11.5. The topological polar surface area (TPSA) is 47.6 Å². The van der Waals surface area contributed by atoms with E-state index in [9.17, 15) is 4.79 Å². The van der Waals surface area contributed by atoms with Crippen LogP contribution in [0, 0.1) is 5.92 Å². The molecule has 0 aromatic carbocycles. The summed E-state index contributed by atoms with van der Waals surface area (Å²) < 4.78 is 9.76. The van der Waals surface area contributed by atoms with Gasteiger partial charge in [-0.2, -0.15) is 0 Å². The summed E-state index contributed by atoms with van der Waals surface area (Å²) in [6.45, 7) is 3.02. The number of carbonyl (C=O) groups is 1. The molecule has 1 unspecified atom stereocenters. The molecule has 1 aliphatic rings. The van der Waals surface area contributed by atoms with E-state index >= 15 is 0 Å². The van der Waals surface area contributed by atoms with Crippen LogP contribution in [0.2, 0.25) is 0 Å². The molecule has 14 heavy (non-hydrogen) atoms. The maximum Gasteiger partial charge on any atom is 0.328 e. The first-order valence-corrected chi connectivity index (χ1v) is 4.95. The van der Waals surface area contributed by atoms with Gasteiger partial charge in [0.2, 0.25) is 0 Å². The second-order valence-corrected chi connectivity index (χ2v) is 4.08. The smallest absolute Gasteiger partial charge is 0.328 e. The molecule has 82 valence electrons. The summed E-state index contributed by atoms with van der Waals surface area (Å²) in [5.41, 5.74) is -0.702. The lowest BCUT2D eigenvalue weighted by molar-refractivity contribution is -0.150. The average molecular weight is 201 g/mol. The van der Waals surface area contributed by atoms with Crippen LogP contribution in [0.1, 0.15) is 19.8 Å². The van der Waals surface area contributed by atoms with Gasteiger partial charge in [-0.3, -0.25) is 5.32 Å². The zero-order valence-electron chi connectivity index (χ0n) is 9.13. The highest BCUT2D eigenvalue weighted by Gasteiger charge is 2.35. The number of esters is 1. The van der Waals surface area contributed by atoms with Gasteiger partial charge >= 0.3 is 5.97 Å². The average Bonchev–Trinajstić information content (AvgIpc) is 2.97. The van der Waals surface area contributed by atoms with Gasteiger partial charge in [0, 0.05) is 7.11 Å².